The van der Waals surface area contributed by atoms with Gasteiger partial charge in [-0.1, -0.05) is 25.1 Å². The molecule has 0 aromatic heterocycles. The predicted octanol–water partition coefficient (Wildman–Crippen LogP) is 6.05. The number of aryl methyl sites for hydroxylation is 2. The van der Waals surface area contributed by atoms with E-state index in [1.807, 2.05) is 33.8 Å². The number of carboxylic acid groups (broad SMARTS) is 1. The molecule has 1 aliphatic heterocycles. The molecule has 3 atom stereocenters. The number of hydrogen-bond donors (Lipinski definition) is 1. The van der Waals surface area contributed by atoms with E-state index in [9.17, 15) is 9.90 Å². The topological polar surface area (TPSA) is 55.8 Å². The van der Waals surface area contributed by atoms with Crippen LogP contribution in [-0.4, -0.2) is 23.3 Å². The number of rotatable bonds is 5. The number of fused-ring (bicyclic) bond motifs is 1. The van der Waals surface area contributed by atoms with Gasteiger partial charge in [-0.05, 0) is 98.7 Å². The fourth-order valence-electron chi connectivity index (χ4n) is 4.57. The molecule has 4 nitrogen and oxygen atoms in total. The van der Waals surface area contributed by atoms with Crippen LogP contribution in [0.4, 0.5) is 0 Å². The molecule has 0 bridgehead atoms. The van der Waals surface area contributed by atoms with Crippen molar-refractivity contribution in [2.75, 3.05) is 6.61 Å². The normalized spacial score (nSPS) is 21.5. The van der Waals surface area contributed by atoms with Gasteiger partial charge in [0.2, 0.25) is 0 Å². The quantitative estimate of drug-likeness (QED) is 0.654. The van der Waals surface area contributed by atoms with Gasteiger partial charge in [0.15, 0.2) is 6.10 Å². The summed E-state index contributed by atoms with van der Waals surface area (Å²) in [6.07, 6.45) is 2.12. The monoisotopic (exact) mass is 408 g/mol. The first kappa shape index (κ1) is 20.9. The van der Waals surface area contributed by atoms with Gasteiger partial charge in [0, 0.05) is 5.56 Å². The van der Waals surface area contributed by atoms with Crippen LogP contribution in [-0.2, 0) is 16.0 Å². The highest BCUT2D eigenvalue weighted by atomic mass is 16.5. The Morgan fingerprint density at radius 1 is 1.23 bits per heavy atom. The summed E-state index contributed by atoms with van der Waals surface area (Å²) in [5.74, 6) is 1.08. The van der Waals surface area contributed by atoms with E-state index in [1.54, 1.807) is 0 Å². The lowest BCUT2D eigenvalue weighted by Crippen LogP contribution is -2.28. The molecule has 2 aromatic carbocycles. The molecule has 0 radical (unpaired) electrons. The van der Waals surface area contributed by atoms with Crippen LogP contribution in [0.25, 0.3) is 11.1 Å². The van der Waals surface area contributed by atoms with Crippen LogP contribution in [0.1, 0.15) is 74.8 Å². The van der Waals surface area contributed by atoms with Crippen LogP contribution in [0.5, 0.6) is 5.75 Å². The number of aliphatic carboxylic acids is 1. The van der Waals surface area contributed by atoms with E-state index in [4.69, 9.17) is 9.47 Å². The van der Waals surface area contributed by atoms with E-state index in [0.29, 0.717) is 11.8 Å². The molecule has 1 fully saturated rings. The van der Waals surface area contributed by atoms with Gasteiger partial charge in [-0.3, -0.25) is 0 Å². The van der Waals surface area contributed by atoms with Crippen molar-refractivity contribution in [2.45, 2.75) is 71.5 Å². The minimum atomic E-state index is -1.01. The zero-order chi connectivity index (χ0) is 21.6. The summed E-state index contributed by atoms with van der Waals surface area (Å²) >= 11 is 0. The third-order valence-corrected chi connectivity index (χ3v) is 6.16. The molecular weight excluding hydrogens is 376 g/mol. The van der Waals surface area contributed by atoms with Gasteiger partial charge in [0.1, 0.15) is 5.75 Å². The van der Waals surface area contributed by atoms with E-state index in [0.717, 1.165) is 53.9 Å². The summed E-state index contributed by atoms with van der Waals surface area (Å²) in [7, 11) is 0. The van der Waals surface area contributed by atoms with Gasteiger partial charge in [-0.2, -0.15) is 0 Å². The minimum absolute atomic E-state index is 0.468. The fraction of sp³-hybridized carbons (Fsp3) is 0.500. The molecule has 2 unspecified atom stereocenters. The first-order chi connectivity index (χ1) is 14.2. The number of benzene rings is 2. The van der Waals surface area contributed by atoms with Crippen LogP contribution in [0.15, 0.2) is 30.3 Å². The maximum atomic E-state index is 12.4. The van der Waals surface area contributed by atoms with Gasteiger partial charge in [0.05, 0.1) is 12.2 Å². The summed E-state index contributed by atoms with van der Waals surface area (Å²) in [5.41, 5.74) is 5.70. The SMILES string of the molecule is Cc1ccc(C2C[C@@H]2C)c(-c2ccc3c(c2)CCCO3)c1C(OC(C)(C)C)C(=O)O. The minimum Gasteiger partial charge on any atom is -0.493 e. The number of carboxylic acids is 1. The lowest BCUT2D eigenvalue weighted by atomic mass is 9.85. The molecule has 4 heteroatoms. The van der Waals surface area contributed by atoms with Crippen LogP contribution in [0.2, 0.25) is 0 Å². The van der Waals surface area contributed by atoms with E-state index in [-0.39, 0.29) is 0 Å². The van der Waals surface area contributed by atoms with Crippen molar-refractivity contribution in [1.82, 2.24) is 0 Å². The van der Waals surface area contributed by atoms with Crippen molar-refractivity contribution in [3.05, 3.63) is 52.6 Å². The second-order valence-corrected chi connectivity index (χ2v) is 9.80. The van der Waals surface area contributed by atoms with Crippen LogP contribution < -0.4 is 4.74 Å². The molecule has 1 heterocycles. The average Bonchev–Trinajstić information content (AvgIpc) is 3.41. The van der Waals surface area contributed by atoms with Gasteiger partial charge in [-0.15, -0.1) is 0 Å². The Morgan fingerprint density at radius 3 is 2.60 bits per heavy atom. The van der Waals surface area contributed by atoms with Crippen molar-refractivity contribution < 1.29 is 19.4 Å². The van der Waals surface area contributed by atoms with E-state index in [1.165, 1.54) is 11.1 Å². The molecule has 1 N–H and O–H groups in total. The molecule has 1 saturated carbocycles. The molecule has 2 aromatic rings. The van der Waals surface area contributed by atoms with Crippen molar-refractivity contribution >= 4 is 5.97 Å². The second-order valence-electron chi connectivity index (χ2n) is 9.80. The van der Waals surface area contributed by atoms with E-state index >= 15 is 0 Å². The van der Waals surface area contributed by atoms with Crippen LogP contribution in [0.3, 0.4) is 0 Å². The highest BCUT2D eigenvalue weighted by molar-refractivity contribution is 5.83. The van der Waals surface area contributed by atoms with Gasteiger partial charge >= 0.3 is 5.97 Å². The maximum absolute atomic E-state index is 12.4. The number of hydrogen-bond acceptors (Lipinski definition) is 3. The third kappa shape index (κ3) is 4.11. The Balaban J connectivity index is 1.93. The Hall–Kier alpha value is -2.33. The highest BCUT2D eigenvalue weighted by Crippen LogP contribution is 2.52. The van der Waals surface area contributed by atoms with Crippen molar-refractivity contribution in [2.24, 2.45) is 5.92 Å². The number of carbonyl (C=O) groups is 1. The lowest BCUT2D eigenvalue weighted by molar-refractivity contribution is -0.160. The molecule has 4 rings (SSSR count). The van der Waals surface area contributed by atoms with E-state index < -0.39 is 17.7 Å². The van der Waals surface area contributed by atoms with Gasteiger partial charge in [0.25, 0.3) is 0 Å². The zero-order valence-electron chi connectivity index (χ0n) is 18.6. The summed E-state index contributed by atoms with van der Waals surface area (Å²) in [6.45, 7) is 10.7. The predicted molar refractivity (Wildman–Crippen MR) is 118 cm³/mol. The third-order valence-electron chi connectivity index (χ3n) is 6.16. The van der Waals surface area contributed by atoms with Crippen molar-refractivity contribution in [1.29, 1.82) is 0 Å². The number of ether oxygens (including phenoxy) is 2. The molecule has 0 saturated heterocycles. The summed E-state index contributed by atoms with van der Waals surface area (Å²) < 4.78 is 11.9. The molecule has 160 valence electrons. The zero-order valence-corrected chi connectivity index (χ0v) is 18.6. The Bertz CT molecular complexity index is 970. The first-order valence-corrected chi connectivity index (χ1v) is 11.0. The van der Waals surface area contributed by atoms with Gasteiger partial charge < -0.3 is 14.6 Å². The summed E-state index contributed by atoms with van der Waals surface area (Å²) in [6, 6.07) is 10.6. The maximum Gasteiger partial charge on any atom is 0.337 e. The second kappa shape index (κ2) is 7.73. The standard InChI is InChI=1S/C26H32O4/c1-15-8-10-19(20-13-16(20)2)23(22(15)24(25(27)28)30-26(3,4)5)18-9-11-21-17(14-18)7-6-12-29-21/h8-11,14,16,20,24H,6-7,12-13H2,1-5H3,(H,27,28)/t16-,20?,24?/m0/s1. The largest absolute Gasteiger partial charge is 0.493 e. The van der Waals surface area contributed by atoms with Crippen LogP contribution in [0, 0.1) is 12.8 Å². The van der Waals surface area contributed by atoms with Gasteiger partial charge in [-0.25, -0.2) is 4.79 Å². The van der Waals surface area contributed by atoms with E-state index in [2.05, 4.69) is 31.2 Å². The highest BCUT2D eigenvalue weighted by Gasteiger charge is 2.39. The van der Waals surface area contributed by atoms with Crippen molar-refractivity contribution in [3.8, 4) is 16.9 Å². The average molecular weight is 409 g/mol. The Morgan fingerprint density at radius 2 is 1.97 bits per heavy atom. The molecule has 2 aliphatic rings. The lowest BCUT2D eigenvalue weighted by Gasteiger charge is -2.29. The Labute approximate surface area is 179 Å². The molecule has 1 aliphatic carbocycles. The summed E-state index contributed by atoms with van der Waals surface area (Å²) in [4.78, 5) is 12.4. The molecular formula is C26H32O4. The smallest absolute Gasteiger partial charge is 0.337 e. The molecule has 0 amide bonds. The summed E-state index contributed by atoms with van der Waals surface area (Å²) in [5, 5.41) is 10.1. The fourth-order valence-corrected chi connectivity index (χ4v) is 4.57. The molecule has 30 heavy (non-hydrogen) atoms. The Kier molecular flexibility index (Phi) is 5.39. The first-order valence-electron chi connectivity index (χ1n) is 11.0. The molecule has 0 spiro atoms. The van der Waals surface area contributed by atoms with Crippen LogP contribution >= 0.6 is 0 Å². The van der Waals surface area contributed by atoms with Crippen molar-refractivity contribution in [3.63, 3.8) is 0 Å².